The summed E-state index contributed by atoms with van der Waals surface area (Å²) in [6.07, 6.45) is 1.58. The highest BCUT2D eigenvalue weighted by Crippen LogP contribution is 2.32. The average Bonchev–Trinajstić information content (AvgIpc) is 2.75. The number of benzene rings is 1. The topological polar surface area (TPSA) is 47.9 Å². The Kier molecular flexibility index (Phi) is 4.55. The first kappa shape index (κ1) is 15.1. The quantitative estimate of drug-likeness (QED) is 0.900. The number of methoxy groups -OCH3 is 1. The molecule has 1 heterocycles. The van der Waals surface area contributed by atoms with E-state index in [4.69, 9.17) is 14.2 Å². The van der Waals surface area contributed by atoms with E-state index in [0.717, 1.165) is 24.2 Å². The molecule has 2 rings (SSSR count). The zero-order valence-electron chi connectivity index (χ0n) is 12.7. The molecule has 0 aromatic heterocycles. The zero-order chi connectivity index (χ0) is 14.8. The maximum absolute atomic E-state index is 9.79. The first-order chi connectivity index (χ1) is 9.41. The molecule has 1 aliphatic heterocycles. The Labute approximate surface area is 120 Å². The van der Waals surface area contributed by atoms with Gasteiger partial charge in [0.25, 0.3) is 0 Å². The van der Waals surface area contributed by atoms with E-state index in [1.165, 1.54) is 0 Å². The molecule has 0 bridgehead atoms. The first-order valence-corrected chi connectivity index (χ1v) is 7.08. The SMILES string of the molecule is COc1ccc([C@H](C)O)c(OCC2CCC(C)(C)O2)c1. The fourth-order valence-corrected chi connectivity index (χ4v) is 2.49. The second-order valence-corrected chi connectivity index (χ2v) is 5.93. The van der Waals surface area contributed by atoms with Gasteiger partial charge in [0.1, 0.15) is 18.1 Å². The fourth-order valence-electron chi connectivity index (χ4n) is 2.49. The molecule has 0 aliphatic carbocycles. The van der Waals surface area contributed by atoms with Crippen molar-refractivity contribution in [3.63, 3.8) is 0 Å². The van der Waals surface area contributed by atoms with Gasteiger partial charge in [-0.15, -0.1) is 0 Å². The Hall–Kier alpha value is -1.26. The zero-order valence-corrected chi connectivity index (χ0v) is 12.7. The highest BCUT2D eigenvalue weighted by Gasteiger charge is 2.32. The molecule has 0 spiro atoms. The molecule has 1 aromatic carbocycles. The van der Waals surface area contributed by atoms with Crippen molar-refractivity contribution in [2.45, 2.75) is 51.4 Å². The Morgan fingerprint density at radius 3 is 2.75 bits per heavy atom. The van der Waals surface area contributed by atoms with Gasteiger partial charge >= 0.3 is 0 Å². The van der Waals surface area contributed by atoms with Crippen LogP contribution < -0.4 is 9.47 Å². The van der Waals surface area contributed by atoms with Crippen LogP contribution in [-0.4, -0.2) is 30.5 Å². The predicted molar refractivity (Wildman–Crippen MR) is 77.3 cm³/mol. The van der Waals surface area contributed by atoms with E-state index in [0.29, 0.717) is 12.4 Å². The molecule has 20 heavy (non-hydrogen) atoms. The molecule has 1 fully saturated rings. The third kappa shape index (κ3) is 3.64. The van der Waals surface area contributed by atoms with E-state index in [1.54, 1.807) is 14.0 Å². The highest BCUT2D eigenvalue weighted by atomic mass is 16.6. The highest BCUT2D eigenvalue weighted by molar-refractivity contribution is 5.41. The van der Waals surface area contributed by atoms with E-state index in [-0.39, 0.29) is 11.7 Å². The summed E-state index contributed by atoms with van der Waals surface area (Å²) < 4.78 is 17.0. The normalized spacial score (nSPS) is 22.6. The summed E-state index contributed by atoms with van der Waals surface area (Å²) in [6, 6.07) is 5.46. The second kappa shape index (κ2) is 6.02. The minimum atomic E-state index is -0.572. The van der Waals surface area contributed by atoms with E-state index in [9.17, 15) is 5.11 Å². The van der Waals surface area contributed by atoms with Crippen LogP contribution in [0.3, 0.4) is 0 Å². The summed E-state index contributed by atoms with van der Waals surface area (Å²) in [4.78, 5) is 0. The van der Waals surface area contributed by atoms with Gasteiger partial charge in [0.05, 0.1) is 24.9 Å². The summed E-state index contributed by atoms with van der Waals surface area (Å²) in [5.74, 6) is 1.38. The Bertz CT molecular complexity index is 454. The standard InChI is InChI=1S/C16H24O4/c1-11(17)14-6-5-12(18-4)9-15(14)19-10-13-7-8-16(2,3)20-13/h5-6,9,11,13,17H,7-8,10H2,1-4H3/t11-,13?/m0/s1. The van der Waals surface area contributed by atoms with Gasteiger partial charge in [-0.2, -0.15) is 0 Å². The van der Waals surface area contributed by atoms with Crippen LogP contribution in [0.5, 0.6) is 11.5 Å². The summed E-state index contributed by atoms with van der Waals surface area (Å²) in [5.41, 5.74) is 0.707. The van der Waals surface area contributed by atoms with Gasteiger partial charge in [0, 0.05) is 11.6 Å². The van der Waals surface area contributed by atoms with Crippen LogP contribution in [0.1, 0.15) is 45.3 Å². The van der Waals surface area contributed by atoms with Crippen molar-refractivity contribution in [1.29, 1.82) is 0 Å². The minimum Gasteiger partial charge on any atom is -0.497 e. The van der Waals surface area contributed by atoms with Crippen molar-refractivity contribution in [3.8, 4) is 11.5 Å². The van der Waals surface area contributed by atoms with Crippen molar-refractivity contribution >= 4 is 0 Å². The van der Waals surface area contributed by atoms with Crippen molar-refractivity contribution in [3.05, 3.63) is 23.8 Å². The number of hydrogen-bond donors (Lipinski definition) is 1. The monoisotopic (exact) mass is 280 g/mol. The van der Waals surface area contributed by atoms with Gasteiger partial charge in [-0.05, 0) is 45.7 Å². The van der Waals surface area contributed by atoms with Crippen LogP contribution >= 0.6 is 0 Å². The molecule has 2 atom stereocenters. The largest absolute Gasteiger partial charge is 0.497 e. The lowest BCUT2D eigenvalue weighted by molar-refractivity contribution is -0.0330. The summed E-state index contributed by atoms with van der Waals surface area (Å²) in [7, 11) is 1.61. The van der Waals surface area contributed by atoms with E-state index in [2.05, 4.69) is 13.8 Å². The maximum Gasteiger partial charge on any atom is 0.128 e. The Morgan fingerprint density at radius 1 is 1.45 bits per heavy atom. The van der Waals surface area contributed by atoms with Gasteiger partial charge < -0.3 is 19.3 Å². The minimum absolute atomic E-state index is 0.0600. The van der Waals surface area contributed by atoms with E-state index < -0.39 is 6.10 Å². The van der Waals surface area contributed by atoms with Crippen LogP contribution in [0.25, 0.3) is 0 Å². The molecule has 4 heteroatoms. The molecule has 112 valence electrons. The van der Waals surface area contributed by atoms with Crippen LogP contribution in [-0.2, 0) is 4.74 Å². The first-order valence-electron chi connectivity index (χ1n) is 7.08. The van der Waals surface area contributed by atoms with Gasteiger partial charge in [-0.3, -0.25) is 0 Å². The van der Waals surface area contributed by atoms with Crippen LogP contribution in [0.4, 0.5) is 0 Å². The van der Waals surface area contributed by atoms with E-state index >= 15 is 0 Å². The molecule has 4 nitrogen and oxygen atoms in total. The number of ether oxygens (including phenoxy) is 3. The average molecular weight is 280 g/mol. The lowest BCUT2D eigenvalue weighted by Crippen LogP contribution is -2.24. The smallest absolute Gasteiger partial charge is 0.128 e. The predicted octanol–water partition coefficient (Wildman–Crippen LogP) is 3.08. The molecule has 0 radical (unpaired) electrons. The maximum atomic E-state index is 9.79. The number of aliphatic hydroxyl groups is 1. The number of aliphatic hydroxyl groups excluding tert-OH is 1. The molecular weight excluding hydrogens is 256 g/mol. The molecule has 1 saturated heterocycles. The molecule has 1 unspecified atom stereocenters. The van der Waals surface area contributed by atoms with Crippen LogP contribution in [0.15, 0.2) is 18.2 Å². The number of hydrogen-bond acceptors (Lipinski definition) is 4. The van der Waals surface area contributed by atoms with Crippen molar-refractivity contribution in [1.82, 2.24) is 0 Å². The van der Waals surface area contributed by atoms with Crippen molar-refractivity contribution in [2.75, 3.05) is 13.7 Å². The summed E-state index contributed by atoms with van der Waals surface area (Å²) >= 11 is 0. The van der Waals surface area contributed by atoms with Crippen LogP contribution in [0.2, 0.25) is 0 Å². The lowest BCUT2D eigenvalue weighted by atomic mass is 10.1. The molecule has 1 N–H and O–H groups in total. The Balaban J connectivity index is 2.04. The third-order valence-corrected chi connectivity index (χ3v) is 3.65. The van der Waals surface area contributed by atoms with Gasteiger partial charge in [0.15, 0.2) is 0 Å². The molecule has 1 aliphatic rings. The van der Waals surface area contributed by atoms with Crippen LogP contribution in [0, 0.1) is 0 Å². The lowest BCUT2D eigenvalue weighted by Gasteiger charge is -2.20. The molecule has 1 aromatic rings. The second-order valence-electron chi connectivity index (χ2n) is 5.93. The number of rotatable bonds is 5. The van der Waals surface area contributed by atoms with Gasteiger partial charge in [-0.25, -0.2) is 0 Å². The molecule has 0 saturated carbocycles. The van der Waals surface area contributed by atoms with Gasteiger partial charge in [0.2, 0.25) is 0 Å². The molecule has 0 amide bonds. The summed E-state index contributed by atoms with van der Waals surface area (Å²) in [6.45, 7) is 6.42. The van der Waals surface area contributed by atoms with Crippen molar-refractivity contribution in [2.24, 2.45) is 0 Å². The summed E-state index contributed by atoms with van der Waals surface area (Å²) in [5, 5.41) is 9.79. The Morgan fingerprint density at radius 2 is 2.20 bits per heavy atom. The van der Waals surface area contributed by atoms with Crippen molar-refractivity contribution < 1.29 is 19.3 Å². The molecular formula is C16H24O4. The van der Waals surface area contributed by atoms with E-state index in [1.807, 2.05) is 18.2 Å². The van der Waals surface area contributed by atoms with Gasteiger partial charge in [-0.1, -0.05) is 0 Å². The fraction of sp³-hybridized carbons (Fsp3) is 0.625. The third-order valence-electron chi connectivity index (χ3n) is 3.65.